The molecule has 0 spiro atoms. The first-order chi connectivity index (χ1) is 7.19. The highest BCUT2D eigenvalue weighted by Crippen LogP contribution is 2.12. The van der Waals surface area contributed by atoms with Crippen LogP contribution in [0, 0.1) is 0 Å². The third-order valence-corrected chi connectivity index (χ3v) is 2.57. The van der Waals surface area contributed by atoms with E-state index in [1.807, 2.05) is 7.05 Å². The van der Waals surface area contributed by atoms with E-state index in [4.69, 9.17) is 0 Å². The molecule has 0 saturated heterocycles. The second-order valence-electron chi connectivity index (χ2n) is 4.23. The average Bonchev–Trinajstić information content (AvgIpc) is 2.62. The van der Waals surface area contributed by atoms with Crippen LogP contribution in [-0.4, -0.2) is 23.4 Å². The molecule has 0 saturated carbocycles. The van der Waals surface area contributed by atoms with Gasteiger partial charge < -0.3 is 5.32 Å². The fourth-order valence-corrected chi connectivity index (χ4v) is 1.77. The molecule has 0 atom stereocenters. The topological polar surface area (TPSA) is 29.9 Å². The molecule has 86 valence electrons. The van der Waals surface area contributed by atoms with Crippen LogP contribution in [0.1, 0.15) is 44.6 Å². The molecule has 1 aromatic heterocycles. The molecule has 0 unspecified atom stereocenters. The Morgan fingerprint density at radius 3 is 2.67 bits per heavy atom. The summed E-state index contributed by atoms with van der Waals surface area (Å²) in [6, 6.07) is 2.72. The minimum Gasteiger partial charge on any atom is -0.320 e. The molecule has 0 aliphatic rings. The van der Waals surface area contributed by atoms with E-state index in [0.29, 0.717) is 6.04 Å². The van der Waals surface area contributed by atoms with E-state index in [-0.39, 0.29) is 0 Å². The molecule has 0 amide bonds. The van der Waals surface area contributed by atoms with Crippen LogP contribution >= 0.6 is 0 Å². The van der Waals surface area contributed by atoms with Crippen molar-refractivity contribution in [3.63, 3.8) is 0 Å². The van der Waals surface area contributed by atoms with Crippen LogP contribution in [0.4, 0.5) is 0 Å². The fraction of sp³-hybridized carbons (Fsp3) is 0.750. The molecular weight excluding hydrogens is 186 g/mol. The molecule has 15 heavy (non-hydrogen) atoms. The summed E-state index contributed by atoms with van der Waals surface area (Å²) in [6.07, 6.45) is 3.31. The van der Waals surface area contributed by atoms with Gasteiger partial charge in [0.1, 0.15) is 0 Å². The zero-order valence-corrected chi connectivity index (χ0v) is 10.4. The largest absolute Gasteiger partial charge is 0.320 e. The lowest BCUT2D eigenvalue weighted by Crippen LogP contribution is -2.09. The Morgan fingerprint density at radius 2 is 2.20 bits per heavy atom. The van der Waals surface area contributed by atoms with Crippen LogP contribution < -0.4 is 5.32 Å². The molecule has 0 fully saturated rings. The Bertz CT molecular complexity index is 289. The van der Waals surface area contributed by atoms with Crippen LogP contribution in [0.5, 0.6) is 0 Å². The molecule has 1 heterocycles. The average molecular weight is 209 g/mol. The lowest BCUT2D eigenvalue weighted by Gasteiger charge is -2.08. The Hall–Kier alpha value is -0.830. The first-order valence-electron chi connectivity index (χ1n) is 5.91. The fourth-order valence-electron chi connectivity index (χ4n) is 1.77. The first kappa shape index (κ1) is 12.2. The lowest BCUT2D eigenvalue weighted by atomic mass is 10.2. The summed E-state index contributed by atoms with van der Waals surface area (Å²) in [6.45, 7) is 7.62. The van der Waals surface area contributed by atoms with Crippen LogP contribution in [0.15, 0.2) is 6.07 Å². The summed E-state index contributed by atoms with van der Waals surface area (Å²) in [7, 11) is 1.99. The van der Waals surface area contributed by atoms with Gasteiger partial charge in [-0.3, -0.25) is 4.68 Å². The van der Waals surface area contributed by atoms with Crippen molar-refractivity contribution in [1.82, 2.24) is 15.1 Å². The molecule has 1 aromatic rings. The van der Waals surface area contributed by atoms with Gasteiger partial charge in [-0.2, -0.15) is 5.10 Å². The SMILES string of the molecule is CCc1cc(CCCNC)nn1C(C)C. The Labute approximate surface area is 92.9 Å². The van der Waals surface area contributed by atoms with Gasteiger partial charge in [0.25, 0.3) is 0 Å². The van der Waals surface area contributed by atoms with Gasteiger partial charge in [0, 0.05) is 11.7 Å². The summed E-state index contributed by atoms with van der Waals surface area (Å²) in [5.41, 5.74) is 2.58. The van der Waals surface area contributed by atoms with Gasteiger partial charge in [-0.25, -0.2) is 0 Å². The van der Waals surface area contributed by atoms with Gasteiger partial charge in [-0.1, -0.05) is 6.92 Å². The van der Waals surface area contributed by atoms with E-state index >= 15 is 0 Å². The van der Waals surface area contributed by atoms with Gasteiger partial charge in [-0.05, 0) is 52.8 Å². The maximum atomic E-state index is 4.64. The monoisotopic (exact) mass is 209 g/mol. The molecule has 0 radical (unpaired) electrons. The summed E-state index contributed by atoms with van der Waals surface area (Å²) >= 11 is 0. The third-order valence-electron chi connectivity index (χ3n) is 2.57. The van der Waals surface area contributed by atoms with Gasteiger partial charge >= 0.3 is 0 Å². The van der Waals surface area contributed by atoms with Gasteiger partial charge in [0.2, 0.25) is 0 Å². The maximum Gasteiger partial charge on any atom is 0.0628 e. The number of hydrogen-bond donors (Lipinski definition) is 1. The van der Waals surface area contributed by atoms with E-state index < -0.39 is 0 Å². The predicted octanol–water partition coefficient (Wildman–Crippen LogP) is 2.18. The van der Waals surface area contributed by atoms with Crippen molar-refractivity contribution >= 4 is 0 Å². The minimum absolute atomic E-state index is 0.470. The molecule has 3 heteroatoms. The standard InChI is InChI=1S/C12H23N3/c1-5-12-9-11(7-6-8-13-4)14-15(12)10(2)3/h9-10,13H,5-8H2,1-4H3. The number of nitrogens with one attached hydrogen (secondary N) is 1. The number of nitrogens with zero attached hydrogens (tertiary/aromatic N) is 2. The lowest BCUT2D eigenvalue weighted by molar-refractivity contribution is 0.505. The number of aromatic nitrogens is 2. The highest BCUT2D eigenvalue weighted by atomic mass is 15.3. The van der Waals surface area contributed by atoms with Gasteiger partial charge in [0.15, 0.2) is 0 Å². The minimum atomic E-state index is 0.470. The summed E-state index contributed by atoms with van der Waals surface area (Å²) in [4.78, 5) is 0. The van der Waals surface area contributed by atoms with E-state index in [1.165, 1.54) is 11.4 Å². The Morgan fingerprint density at radius 1 is 1.47 bits per heavy atom. The molecule has 0 aromatic carbocycles. The van der Waals surface area contributed by atoms with Crippen molar-refractivity contribution in [3.8, 4) is 0 Å². The predicted molar refractivity (Wildman–Crippen MR) is 64.2 cm³/mol. The van der Waals surface area contributed by atoms with Gasteiger partial charge in [-0.15, -0.1) is 0 Å². The van der Waals surface area contributed by atoms with Crippen molar-refractivity contribution in [1.29, 1.82) is 0 Å². The second kappa shape index (κ2) is 5.91. The number of rotatable bonds is 6. The third kappa shape index (κ3) is 3.34. The second-order valence-corrected chi connectivity index (χ2v) is 4.23. The van der Waals surface area contributed by atoms with Crippen molar-refractivity contribution < 1.29 is 0 Å². The summed E-state index contributed by atoms with van der Waals surface area (Å²) in [5.74, 6) is 0. The van der Waals surface area contributed by atoms with Gasteiger partial charge in [0.05, 0.1) is 5.69 Å². The van der Waals surface area contributed by atoms with E-state index in [2.05, 4.69) is 41.9 Å². The first-order valence-corrected chi connectivity index (χ1v) is 5.91. The quantitative estimate of drug-likeness (QED) is 0.728. The summed E-state index contributed by atoms with van der Waals surface area (Å²) in [5, 5.41) is 7.80. The maximum absolute atomic E-state index is 4.64. The van der Waals surface area contributed by atoms with Crippen LogP contribution in [-0.2, 0) is 12.8 Å². The van der Waals surface area contributed by atoms with Crippen molar-refractivity contribution in [2.75, 3.05) is 13.6 Å². The molecule has 0 aliphatic heterocycles. The number of hydrogen-bond acceptors (Lipinski definition) is 2. The smallest absolute Gasteiger partial charge is 0.0628 e. The molecule has 1 rings (SSSR count). The normalized spacial score (nSPS) is 11.3. The van der Waals surface area contributed by atoms with E-state index in [1.54, 1.807) is 0 Å². The van der Waals surface area contributed by atoms with Crippen molar-refractivity contribution in [2.24, 2.45) is 0 Å². The Balaban J connectivity index is 2.65. The molecule has 0 bridgehead atoms. The molecular formula is C12H23N3. The van der Waals surface area contributed by atoms with E-state index in [9.17, 15) is 0 Å². The van der Waals surface area contributed by atoms with Crippen molar-refractivity contribution in [2.45, 2.75) is 46.1 Å². The Kier molecular flexibility index (Phi) is 4.82. The van der Waals surface area contributed by atoms with Crippen LogP contribution in [0.2, 0.25) is 0 Å². The van der Waals surface area contributed by atoms with Crippen molar-refractivity contribution in [3.05, 3.63) is 17.5 Å². The molecule has 3 nitrogen and oxygen atoms in total. The molecule has 1 N–H and O–H groups in total. The zero-order chi connectivity index (χ0) is 11.3. The van der Waals surface area contributed by atoms with Crippen LogP contribution in [0.3, 0.4) is 0 Å². The highest BCUT2D eigenvalue weighted by Gasteiger charge is 2.08. The zero-order valence-electron chi connectivity index (χ0n) is 10.4. The van der Waals surface area contributed by atoms with E-state index in [0.717, 1.165) is 25.8 Å². The molecule has 0 aliphatic carbocycles. The highest BCUT2D eigenvalue weighted by molar-refractivity contribution is 5.11. The van der Waals surface area contributed by atoms with Crippen LogP contribution in [0.25, 0.3) is 0 Å². The summed E-state index contributed by atoms with van der Waals surface area (Å²) < 4.78 is 2.15. The number of aryl methyl sites for hydroxylation is 2.